The van der Waals surface area contributed by atoms with Crippen LogP contribution >= 0.6 is 23.2 Å². The van der Waals surface area contributed by atoms with Crippen LogP contribution in [0.2, 0.25) is 10.0 Å². The Morgan fingerprint density at radius 2 is 1.89 bits per heavy atom. The number of halogens is 3. The second kappa shape index (κ2) is 4.87. The number of fused-ring (bicyclic) bond motifs is 1. The van der Waals surface area contributed by atoms with Crippen LogP contribution in [0.4, 0.5) is 10.1 Å². The summed E-state index contributed by atoms with van der Waals surface area (Å²) in [5.74, 6) is -0.332. The van der Waals surface area contributed by atoms with Gasteiger partial charge in [0, 0.05) is 27.8 Å². The molecule has 0 saturated heterocycles. The number of hydrogen-bond donors (Lipinski definition) is 1. The summed E-state index contributed by atoms with van der Waals surface area (Å²) in [6.07, 6.45) is 1.93. The van der Waals surface area contributed by atoms with Gasteiger partial charge in [-0.05, 0) is 47.5 Å². The van der Waals surface area contributed by atoms with Crippen molar-refractivity contribution in [2.75, 3.05) is 11.9 Å². The van der Waals surface area contributed by atoms with Gasteiger partial charge >= 0.3 is 0 Å². The van der Waals surface area contributed by atoms with Gasteiger partial charge in [-0.2, -0.15) is 0 Å². The minimum atomic E-state index is -0.332. The van der Waals surface area contributed by atoms with Crippen molar-refractivity contribution in [2.45, 2.75) is 0 Å². The minimum Gasteiger partial charge on any atom is -0.380 e. The molecule has 4 heteroatoms. The molecule has 0 bridgehead atoms. The van der Waals surface area contributed by atoms with E-state index in [0.29, 0.717) is 16.6 Å². The van der Waals surface area contributed by atoms with Crippen LogP contribution in [0.3, 0.4) is 0 Å². The summed E-state index contributed by atoms with van der Waals surface area (Å²) < 4.78 is 13.3. The molecular formula is C15H10Cl2FN. The molecule has 2 aromatic rings. The average Bonchev–Trinajstić information content (AvgIpc) is 2.70. The lowest BCUT2D eigenvalue weighted by molar-refractivity contribution is 0.627. The molecule has 19 heavy (non-hydrogen) atoms. The van der Waals surface area contributed by atoms with E-state index in [9.17, 15) is 4.39 Å². The van der Waals surface area contributed by atoms with Crippen LogP contribution < -0.4 is 5.32 Å². The minimum absolute atomic E-state index is 0.332. The summed E-state index contributed by atoms with van der Waals surface area (Å²) in [4.78, 5) is 0. The van der Waals surface area contributed by atoms with Gasteiger partial charge < -0.3 is 5.32 Å². The van der Waals surface area contributed by atoms with Gasteiger partial charge in [-0.3, -0.25) is 0 Å². The molecule has 0 unspecified atom stereocenters. The summed E-state index contributed by atoms with van der Waals surface area (Å²) in [7, 11) is 0. The van der Waals surface area contributed by atoms with Crippen LogP contribution in [-0.4, -0.2) is 6.54 Å². The molecule has 0 aliphatic carbocycles. The molecule has 2 aromatic carbocycles. The molecule has 1 heterocycles. The van der Waals surface area contributed by atoms with E-state index in [2.05, 4.69) is 5.32 Å². The van der Waals surface area contributed by atoms with Gasteiger partial charge in [0.2, 0.25) is 0 Å². The molecule has 1 aliphatic heterocycles. The summed E-state index contributed by atoms with van der Waals surface area (Å²) in [6, 6.07) is 10.2. The quantitative estimate of drug-likeness (QED) is 0.771. The fourth-order valence-electron chi connectivity index (χ4n) is 2.22. The highest BCUT2D eigenvalue weighted by Crippen LogP contribution is 2.34. The van der Waals surface area contributed by atoms with Crippen LogP contribution in [0.1, 0.15) is 11.1 Å². The van der Waals surface area contributed by atoms with Crippen molar-refractivity contribution in [1.29, 1.82) is 0 Å². The van der Waals surface area contributed by atoms with E-state index < -0.39 is 0 Å². The third-order valence-corrected chi connectivity index (χ3v) is 3.48. The highest BCUT2D eigenvalue weighted by atomic mass is 35.5. The zero-order valence-corrected chi connectivity index (χ0v) is 11.4. The lowest BCUT2D eigenvalue weighted by atomic mass is 10.0. The highest BCUT2D eigenvalue weighted by molar-refractivity contribution is 6.31. The number of anilines is 1. The topological polar surface area (TPSA) is 12.0 Å². The van der Waals surface area contributed by atoms with Gasteiger partial charge in [0.15, 0.2) is 0 Å². The zero-order chi connectivity index (χ0) is 13.4. The Labute approximate surface area is 120 Å². The van der Waals surface area contributed by atoms with Gasteiger partial charge in [0.05, 0.1) is 0 Å². The molecule has 0 aromatic heterocycles. The lowest BCUT2D eigenvalue weighted by Crippen LogP contribution is -1.91. The molecule has 3 rings (SSSR count). The second-order valence-electron chi connectivity index (χ2n) is 4.42. The molecular weight excluding hydrogens is 284 g/mol. The molecule has 0 saturated carbocycles. The van der Waals surface area contributed by atoms with Gasteiger partial charge in [-0.25, -0.2) is 4.39 Å². The van der Waals surface area contributed by atoms with Crippen molar-refractivity contribution < 1.29 is 4.39 Å². The van der Waals surface area contributed by atoms with E-state index in [1.165, 1.54) is 12.1 Å². The van der Waals surface area contributed by atoms with Crippen molar-refractivity contribution >= 4 is 40.5 Å². The largest absolute Gasteiger partial charge is 0.380 e. The second-order valence-corrected chi connectivity index (χ2v) is 5.29. The van der Waals surface area contributed by atoms with Gasteiger partial charge in [-0.1, -0.05) is 29.3 Å². The summed E-state index contributed by atoms with van der Waals surface area (Å²) in [5, 5.41) is 4.35. The first-order valence-electron chi connectivity index (χ1n) is 5.82. The van der Waals surface area contributed by atoms with E-state index in [4.69, 9.17) is 23.2 Å². The molecule has 0 atom stereocenters. The molecule has 0 spiro atoms. The Kier molecular flexibility index (Phi) is 3.21. The van der Waals surface area contributed by atoms with Crippen LogP contribution in [0, 0.1) is 5.82 Å². The maximum absolute atomic E-state index is 13.3. The smallest absolute Gasteiger partial charge is 0.125 e. The summed E-state index contributed by atoms with van der Waals surface area (Å²) in [6.45, 7) is 0.698. The SMILES string of the molecule is Fc1cc(Cl)cc(C=C2CNc3cc(Cl)ccc32)c1. The van der Waals surface area contributed by atoms with E-state index in [0.717, 1.165) is 22.4 Å². The first-order valence-corrected chi connectivity index (χ1v) is 6.58. The first-order chi connectivity index (χ1) is 9.11. The summed E-state index contributed by atoms with van der Waals surface area (Å²) in [5.41, 5.74) is 3.93. The molecule has 1 nitrogen and oxygen atoms in total. The van der Waals surface area contributed by atoms with Gasteiger partial charge in [-0.15, -0.1) is 0 Å². The number of rotatable bonds is 1. The highest BCUT2D eigenvalue weighted by Gasteiger charge is 2.15. The van der Waals surface area contributed by atoms with E-state index in [1.807, 2.05) is 24.3 Å². The zero-order valence-electron chi connectivity index (χ0n) is 9.88. The molecule has 0 radical (unpaired) electrons. The van der Waals surface area contributed by atoms with Crippen LogP contribution in [0.25, 0.3) is 11.6 Å². The van der Waals surface area contributed by atoms with Gasteiger partial charge in [0.25, 0.3) is 0 Å². The average molecular weight is 294 g/mol. The van der Waals surface area contributed by atoms with Crippen molar-refractivity contribution in [3.8, 4) is 0 Å². The Bertz CT molecular complexity index is 660. The maximum atomic E-state index is 13.3. The predicted molar refractivity (Wildman–Crippen MR) is 79.2 cm³/mol. The fraction of sp³-hybridized carbons (Fsp3) is 0.0667. The molecule has 96 valence electrons. The van der Waals surface area contributed by atoms with E-state index in [1.54, 1.807) is 6.07 Å². The van der Waals surface area contributed by atoms with Gasteiger partial charge in [0.1, 0.15) is 5.82 Å². The first kappa shape index (κ1) is 12.5. The molecule has 0 amide bonds. The molecule has 0 fully saturated rings. The fourth-order valence-corrected chi connectivity index (χ4v) is 2.62. The van der Waals surface area contributed by atoms with E-state index in [-0.39, 0.29) is 5.82 Å². The number of nitrogens with one attached hydrogen (secondary N) is 1. The van der Waals surface area contributed by atoms with Crippen molar-refractivity contribution in [1.82, 2.24) is 0 Å². The number of hydrogen-bond acceptors (Lipinski definition) is 1. The van der Waals surface area contributed by atoms with Crippen molar-refractivity contribution in [3.63, 3.8) is 0 Å². The van der Waals surface area contributed by atoms with Crippen LogP contribution in [-0.2, 0) is 0 Å². The molecule has 1 aliphatic rings. The standard InChI is InChI=1S/C15H10Cl2FN/c16-11-1-2-14-10(8-19-15(14)7-11)3-9-4-12(17)6-13(18)5-9/h1-7,19H,8H2. The Morgan fingerprint density at radius 1 is 1.05 bits per heavy atom. The Hall–Kier alpha value is -1.51. The predicted octanol–water partition coefficient (Wildman–Crippen LogP) is 5.10. The number of benzene rings is 2. The molecule has 1 N–H and O–H groups in total. The lowest BCUT2D eigenvalue weighted by Gasteiger charge is -2.01. The monoisotopic (exact) mass is 293 g/mol. The van der Waals surface area contributed by atoms with E-state index >= 15 is 0 Å². The maximum Gasteiger partial charge on any atom is 0.125 e. The Balaban J connectivity index is 2.03. The Morgan fingerprint density at radius 3 is 2.68 bits per heavy atom. The van der Waals surface area contributed by atoms with Crippen molar-refractivity contribution in [2.24, 2.45) is 0 Å². The van der Waals surface area contributed by atoms with Crippen molar-refractivity contribution in [3.05, 3.63) is 63.4 Å². The normalized spacial score (nSPS) is 15.4. The summed E-state index contributed by atoms with van der Waals surface area (Å²) >= 11 is 11.8. The van der Waals surface area contributed by atoms with Crippen LogP contribution in [0.5, 0.6) is 0 Å². The third-order valence-electron chi connectivity index (χ3n) is 3.02. The van der Waals surface area contributed by atoms with Crippen LogP contribution in [0.15, 0.2) is 36.4 Å². The third kappa shape index (κ3) is 2.60.